The molecule has 1 fully saturated rings. The van der Waals surface area contributed by atoms with Gasteiger partial charge < -0.3 is 15.0 Å². The fourth-order valence-electron chi connectivity index (χ4n) is 6.04. The smallest absolute Gasteiger partial charge is 0.416 e. The first-order valence-electron chi connectivity index (χ1n) is 13.1. The van der Waals surface area contributed by atoms with Crippen LogP contribution in [0.25, 0.3) is 0 Å². The summed E-state index contributed by atoms with van der Waals surface area (Å²) in [6, 6.07) is 17.7. The van der Waals surface area contributed by atoms with E-state index in [1.54, 1.807) is 24.3 Å². The van der Waals surface area contributed by atoms with Crippen LogP contribution in [0.3, 0.4) is 0 Å². The van der Waals surface area contributed by atoms with Crippen LogP contribution in [0.2, 0.25) is 0 Å². The molecule has 0 bridgehead atoms. The minimum atomic E-state index is -4.38. The lowest BCUT2D eigenvalue weighted by Crippen LogP contribution is -2.32. The first kappa shape index (κ1) is 26.8. The molecule has 1 atom stereocenters. The maximum atomic E-state index is 13.6. The molecular formula is C31H31F3N2O3. The summed E-state index contributed by atoms with van der Waals surface area (Å²) >= 11 is 0. The lowest BCUT2D eigenvalue weighted by molar-refractivity contribution is -0.137. The number of methoxy groups -OCH3 is 1. The summed E-state index contributed by atoms with van der Waals surface area (Å²) in [6.45, 7) is 3.03. The topological polar surface area (TPSA) is 58.6 Å². The van der Waals surface area contributed by atoms with E-state index in [2.05, 4.69) is 16.3 Å². The van der Waals surface area contributed by atoms with Crippen LogP contribution in [0, 0.1) is 0 Å². The molecule has 8 heteroatoms. The number of anilines is 1. The number of hydrogen-bond acceptors (Lipinski definition) is 4. The van der Waals surface area contributed by atoms with Gasteiger partial charge in [0.2, 0.25) is 0 Å². The molecule has 3 aromatic rings. The van der Waals surface area contributed by atoms with Gasteiger partial charge in [0.05, 0.1) is 35.5 Å². The third kappa shape index (κ3) is 5.24. The number of benzene rings is 3. The van der Waals surface area contributed by atoms with Gasteiger partial charge in [-0.15, -0.1) is 0 Å². The molecular weight excluding hydrogens is 505 g/mol. The number of nitrogens with zero attached hydrogens (tertiary/aromatic N) is 1. The van der Waals surface area contributed by atoms with E-state index in [-0.39, 0.29) is 17.4 Å². The molecule has 0 saturated heterocycles. The zero-order chi connectivity index (χ0) is 27.8. The van der Waals surface area contributed by atoms with E-state index in [4.69, 9.17) is 4.74 Å². The molecule has 1 saturated carbocycles. The van der Waals surface area contributed by atoms with Crippen molar-refractivity contribution in [1.82, 2.24) is 5.32 Å². The summed E-state index contributed by atoms with van der Waals surface area (Å²) in [5, 5.41) is 3.09. The van der Waals surface area contributed by atoms with Gasteiger partial charge in [-0.3, -0.25) is 4.79 Å². The van der Waals surface area contributed by atoms with Crippen LogP contribution in [0.4, 0.5) is 18.9 Å². The average molecular weight is 537 g/mol. The van der Waals surface area contributed by atoms with Crippen molar-refractivity contribution in [3.05, 3.63) is 100 Å². The van der Waals surface area contributed by atoms with Gasteiger partial charge in [-0.05, 0) is 66.8 Å². The van der Waals surface area contributed by atoms with Gasteiger partial charge >= 0.3 is 12.1 Å². The summed E-state index contributed by atoms with van der Waals surface area (Å²) in [4.78, 5) is 27.5. The Morgan fingerprint density at radius 2 is 1.67 bits per heavy atom. The molecule has 39 heavy (non-hydrogen) atoms. The summed E-state index contributed by atoms with van der Waals surface area (Å²) in [7, 11) is 1.33. The average Bonchev–Trinajstić information content (AvgIpc) is 3.52. The number of nitrogens with one attached hydrogen (secondary N) is 1. The molecule has 1 aliphatic heterocycles. The van der Waals surface area contributed by atoms with Crippen molar-refractivity contribution in [2.75, 3.05) is 18.6 Å². The molecule has 5 nitrogen and oxygen atoms in total. The van der Waals surface area contributed by atoms with E-state index >= 15 is 0 Å². The lowest BCUT2D eigenvalue weighted by atomic mass is 9.80. The van der Waals surface area contributed by atoms with Crippen LogP contribution in [0.15, 0.2) is 66.7 Å². The number of para-hydroxylation sites is 1. The Bertz CT molecular complexity index is 1360. The Labute approximate surface area is 226 Å². The molecule has 1 heterocycles. The first-order valence-corrected chi connectivity index (χ1v) is 13.1. The Morgan fingerprint density at radius 3 is 2.28 bits per heavy atom. The van der Waals surface area contributed by atoms with Gasteiger partial charge in [0.15, 0.2) is 0 Å². The number of fused-ring (bicyclic) bond motifs is 2. The van der Waals surface area contributed by atoms with Crippen LogP contribution in [-0.4, -0.2) is 25.5 Å². The maximum absolute atomic E-state index is 13.6. The highest BCUT2D eigenvalue weighted by molar-refractivity contribution is 6.01. The fourth-order valence-corrected chi connectivity index (χ4v) is 6.04. The van der Waals surface area contributed by atoms with Gasteiger partial charge in [-0.25, -0.2) is 4.79 Å². The molecule has 1 spiro atoms. The number of esters is 1. The van der Waals surface area contributed by atoms with Crippen molar-refractivity contribution < 1.29 is 27.5 Å². The molecule has 1 amide bonds. The van der Waals surface area contributed by atoms with E-state index < -0.39 is 17.7 Å². The van der Waals surface area contributed by atoms with E-state index in [0.717, 1.165) is 66.7 Å². The number of hydrogen-bond donors (Lipinski definition) is 1. The largest absolute Gasteiger partial charge is 0.465 e. The highest BCUT2D eigenvalue weighted by Gasteiger charge is 2.46. The first-order chi connectivity index (χ1) is 18.6. The molecule has 3 aromatic carbocycles. The molecule has 2 aliphatic rings. The predicted molar refractivity (Wildman–Crippen MR) is 143 cm³/mol. The highest BCUT2D eigenvalue weighted by atomic mass is 19.4. The van der Waals surface area contributed by atoms with Crippen molar-refractivity contribution >= 4 is 17.6 Å². The molecule has 1 N–H and O–H groups in total. The van der Waals surface area contributed by atoms with Crippen LogP contribution >= 0.6 is 0 Å². The standard InChI is InChI=1S/C31H31F3N2O3/c1-20(22-10-12-23(13-11-22)29(38)39-2)35-28(37)25-6-5-7-26-27(25)36(19-30(26)16-3-4-17-30)18-21-8-14-24(15-9-21)31(32,33)34/h5-15,20H,3-4,16-19H2,1-2H3,(H,35,37)/t20-/m0/s1. The number of carbonyl (C=O) groups is 2. The summed E-state index contributed by atoms with van der Waals surface area (Å²) < 4.78 is 44.0. The second-order valence-electron chi connectivity index (χ2n) is 10.5. The van der Waals surface area contributed by atoms with Gasteiger partial charge in [0.25, 0.3) is 5.91 Å². The van der Waals surface area contributed by atoms with Crippen LogP contribution in [-0.2, 0) is 22.9 Å². The number of carbonyl (C=O) groups excluding carboxylic acids is 2. The fraction of sp³-hybridized carbons (Fsp3) is 0.355. The molecule has 5 rings (SSSR count). The summed E-state index contributed by atoms with van der Waals surface area (Å²) in [6.07, 6.45) is -0.103. The second kappa shape index (κ2) is 10.4. The highest BCUT2D eigenvalue weighted by Crippen LogP contribution is 2.52. The zero-order valence-corrected chi connectivity index (χ0v) is 22.0. The van der Waals surface area contributed by atoms with Crippen molar-refractivity contribution in [3.8, 4) is 0 Å². The van der Waals surface area contributed by atoms with Crippen molar-refractivity contribution in [3.63, 3.8) is 0 Å². The summed E-state index contributed by atoms with van der Waals surface area (Å²) in [5.74, 6) is -0.643. The molecule has 1 aliphatic carbocycles. The van der Waals surface area contributed by atoms with E-state index in [0.29, 0.717) is 17.7 Å². The van der Waals surface area contributed by atoms with E-state index in [1.807, 2.05) is 19.1 Å². The zero-order valence-electron chi connectivity index (χ0n) is 22.0. The number of amides is 1. The van der Waals surface area contributed by atoms with Crippen molar-refractivity contribution in [2.45, 2.75) is 56.8 Å². The quantitative estimate of drug-likeness (QED) is 0.352. The van der Waals surface area contributed by atoms with Crippen molar-refractivity contribution in [2.24, 2.45) is 0 Å². The Kier molecular flexibility index (Phi) is 7.14. The SMILES string of the molecule is COC(=O)c1ccc([C@H](C)NC(=O)c2cccc3c2N(Cc2ccc(C(F)(F)F)cc2)CC32CCCC2)cc1. The van der Waals surface area contributed by atoms with E-state index in [9.17, 15) is 22.8 Å². The van der Waals surface area contributed by atoms with Gasteiger partial charge in [0, 0.05) is 18.5 Å². The molecule has 0 aromatic heterocycles. The third-order valence-corrected chi connectivity index (χ3v) is 8.06. The van der Waals surface area contributed by atoms with Crippen LogP contribution < -0.4 is 10.2 Å². The molecule has 0 radical (unpaired) electrons. The number of rotatable bonds is 6. The Balaban J connectivity index is 1.42. The third-order valence-electron chi connectivity index (χ3n) is 8.06. The van der Waals surface area contributed by atoms with Crippen LogP contribution in [0.1, 0.15) is 81.6 Å². The molecule has 204 valence electrons. The molecule has 0 unspecified atom stereocenters. The summed E-state index contributed by atoms with van der Waals surface area (Å²) in [5.41, 5.74) is 3.89. The van der Waals surface area contributed by atoms with Gasteiger partial charge in [-0.2, -0.15) is 13.2 Å². The number of alkyl halides is 3. The predicted octanol–water partition coefficient (Wildman–Crippen LogP) is 6.82. The monoisotopic (exact) mass is 536 g/mol. The maximum Gasteiger partial charge on any atom is 0.416 e. The lowest BCUT2D eigenvalue weighted by Gasteiger charge is -2.26. The number of halogens is 3. The van der Waals surface area contributed by atoms with Gasteiger partial charge in [0.1, 0.15) is 0 Å². The van der Waals surface area contributed by atoms with Gasteiger partial charge in [-0.1, -0.05) is 49.2 Å². The van der Waals surface area contributed by atoms with Crippen LogP contribution in [0.5, 0.6) is 0 Å². The normalized spacial score (nSPS) is 16.7. The Hall–Kier alpha value is -3.81. The van der Waals surface area contributed by atoms with Crippen molar-refractivity contribution in [1.29, 1.82) is 0 Å². The number of ether oxygens (including phenoxy) is 1. The minimum Gasteiger partial charge on any atom is -0.465 e. The Morgan fingerprint density at radius 1 is 1.00 bits per heavy atom. The minimum absolute atomic E-state index is 0.0487. The second-order valence-corrected chi connectivity index (χ2v) is 10.5. The van der Waals surface area contributed by atoms with E-state index in [1.165, 1.54) is 19.2 Å².